The number of hydrogen-bond donors (Lipinski definition) is 1. The summed E-state index contributed by atoms with van der Waals surface area (Å²) in [6.45, 7) is 5.47. The summed E-state index contributed by atoms with van der Waals surface area (Å²) in [6.07, 6.45) is 1.15. The van der Waals surface area contributed by atoms with Gasteiger partial charge in [0.25, 0.3) is 0 Å². The Balaban J connectivity index is 1.82. The number of benzene rings is 2. The van der Waals surface area contributed by atoms with Gasteiger partial charge in [-0.05, 0) is 44.5 Å². The molecule has 0 spiro atoms. The molecule has 2 heteroatoms. The van der Waals surface area contributed by atoms with E-state index in [9.17, 15) is 0 Å². The van der Waals surface area contributed by atoms with E-state index in [4.69, 9.17) is 0 Å². The van der Waals surface area contributed by atoms with E-state index in [0.717, 1.165) is 13.0 Å². The highest BCUT2D eigenvalue weighted by atomic mass is 15.2. The molecule has 21 heavy (non-hydrogen) atoms. The SMILES string of the molecule is CNC(CN1c2ccccc2CC1C)c1ccc(C)cc1. The van der Waals surface area contributed by atoms with Crippen molar-refractivity contribution in [3.63, 3.8) is 0 Å². The van der Waals surface area contributed by atoms with Gasteiger partial charge in [0.15, 0.2) is 0 Å². The zero-order chi connectivity index (χ0) is 14.8. The van der Waals surface area contributed by atoms with Crippen LogP contribution in [0.15, 0.2) is 48.5 Å². The van der Waals surface area contributed by atoms with E-state index in [1.54, 1.807) is 0 Å². The van der Waals surface area contributed by atoms with E-state index in [2.05, 4.69) is 79.6 Å². The van der Waals surface area contributed by atoms with Gasteiger partial charge >= 0.3 is 0 Å². The van der Waals surface area contributed by atoms with Gasteiger partial charge in [0.2, 0.25) is 0 Å². The molecule has 1 heterocycles. The Kier molecular flexibility index (Phi) is 3.98. The van der Waals surface area contributed by atoms with Crippen LogP contribution in [0.4, 0.5) is 5.69 Å². The molecule has 2 nitrogen and oxygen atoms in total. The number of fused-ring (bicyclic) bond motifs is 1. The molecule has 2 aromatic rings. The maximum absolute atomic E-state index is 3.47. The number of nitrogens with zero attached hydrogens (tertiary/aromatic N) is 1. The number of para-hydroxylation sites is 1. The number of nitrogens with one attached hydrogen (secondary N) is 1. The molecule has 0 aliphatic carbocycles. The molecule has 1 N–H and O–H groups in total. The van der Waals surface area contributed by atoms with Crippen molar-refractivity contribution < 1.29 is 0 Å². The maximum Gasteiger partial charge on any atom is 0.0495 e. The van der Waals surface area contributed by atoms with E-state index >= 15 is 0 Å². The van der Waals surface area contributed by atoms with Crippen molar-refractivity contribution in [1.29, 1.82) is 0 Å². The Morgan fingerprint density at radius 3 is 2.57 bits per heavy atom. The van der Waals surface area contributed by atoms with E-state index in [1.165, 1.54) is 22.4 Å². The summed E-state index contributed by atoms with van der Waals surface area (Å²) in [4.78, 5) is 2.54. The first kappa shape index (κ1) is 14.2. The first-order chi connectivity index (χ1) is 10.2. The predicted molar refractivity (Wildman–Crippen MR) is 89.9 cm³/mol. The second kappa shape index (κ2) is 5.90. The molecular formula is C19H24N2. The van der Waals surface area contributed by atoms with Crippen molar-refractivity contribution in [2.24, 2.45) is 0 Å². The third-order valence-electron chi connectivity index (χ3n) is 4.56. The van der Waals surface area contributed by atoms with Gasteiger partial charge in [0.1, 0.15) is 0 Å². The molecule has 1 aliphatic rings. The van der Waals surface area contributed by atoms with Gasteiger partial charge in [-0.1, -0.05) is 48.0 Å². The second-order valence-corrected chi connectivity index (χ2v) is 6.09. The molecule has 2 aromatic carbocycles. The minimum Gasteiger partial charge on any atom is -0.366 e. The summed E-state index contributed by atoms with van der Waals surface area (Å²) < 4.78 is 0. The molecule has 0 bridgehead atoms. The fraction of sp³-hybridized carbons (Fsp3) is 0.368. The highest BCUT2D eigenvalue weighted by Crippen LogP contribution is 2.33. The summed E-state index contributed by atoms with van der Waals surface area (Å²) in [7, 11) is 2.05. The molecular weight excluding hydrogens is 256 g/mol. The van der Waals surface area contributed by atoms with Crippen molar-refractivity contribution in [1.82, 2.24) is 5.32 Å². The largest absolute Gasteiger partial charge is 0.366 e. The summed E-state index contributed by atoms with van der Waals surface area (Å²) in [5.74, 6) is 0. The quantitative estimate of drug-likeness (QED) is 0.918. The third-order valence-corrected chi connectivity index (χ3v) is 4.56. The van der Waals surface area contributed by atoms with Crippen molar-refractivity contribution in [2.75, 3.05) is 18.5 Å². The van der Waals surface area contributed by atoms with Crippen LogP contribution in [0.5, 0.6) is 0 Å². The summed E-state index contributed by atoms with van der Waals surface area (Å²) >= 11 is 0. The van der Waals surface area contributed by atoms with Crippen molar-refractivity contribution in [3.05, 3.63) is 65.2 Å². The number of anilines is 1. The number of aryl methyl sites for hydroxylation is 1. The molecule has 3 rings (SSSR count). The minimum atomic E-state index is 0.360. The average molecular weight is 280 g/mol. The summed E-state index contributed by atoms with van der Waals surface area (Å²) in [6, 6.07) is 18.6. The normalized spacial score (nSPS) is 18.6. The first-order valence-electron chi connectivity index (χ1n) is 7.77. The van der Waals surface area contributed by atoms with Gasteiger partial charge in [-0.3, -0.25) is 0 Å². The van der Waals surface area contributed by atoms with Gasteiger partial charge < -0.3 is 10.2 Å². The zero-order valence-corrected chi connectivity index (χ0v) is 13.1. The van der Waals surface area contributed by atoms with Crippen molar-refractivity contribution in [3.8, 4) is 0 Å². The van der Waals surface area contributed by atoms with E-state index < -0.39 is 0 Å². The fourth-order valence-corrected chi connectivity index (χ4v) is 3.27. The van der Waals surface area contributed by atoms with Crippen LogP contribution in [0.25, 0.3) is 0 Å². The lowest BCUT2D eigenvalue weighted by atomic mass is 10.0. The molecule has 0 saturated heterocycles. The molecule has 0 fully saturated rings. The topological polar surface area (TPSA) is 15.3 Å². The smallest absolute Gasteiger partial charge is 0.0495 e. The van der Waals surface area contributed by atoms with Crippen LogP contribution in [-0.4, -0.2) is 19.6 Å². The predicted octanol–water partition coefficient (Wildman–Crippen LogP) is 3.71. The lowest BCUT2D eigenvalue weighted by Gasteiger charge is -2.30. The molecule has 2 unspecified atom stereocenters. The summed E-state index contributed by atoms with van der Waals surface area (Å²) in [5, 5.41) is 3.47. The lowest BCUT2D eigenvalue weighted by molar-refractivity contribution is 0.545. The lowest BCUT2D eigenvalue weighted by Crippen LogP contribution is -2.37. The summed E-state index contributed by atoms with van der Waals surface area (Å²) in [5.41, 5.74) is 5.55. The Morgan fingerprint density at radius 2 is 1.86 bits per heavy atom. The van der Waals surface area contributed by atoms with Crippen molar-refractivity contribution >= 4 is 5.69 Å². The average Bonchev–Trinajstić information content (AvgIpc) is 2.81. The standard InChI is InChI=1S/C19H24N2/c1-14-8-10-16(11-9-14)18(20-3)13-21-15(2)12-17-6-4-5-7-19(17)21/h4-11,15,18,20H,12-13H2,1-3H3. The van der Waals surface area contributed by atoms with Gasteiger partial charge in [-0.15, -0.1) is 0 Å². The Morgan fingerprint density at radius 1 is 1.14 bits per heavy atom. The Labute approximate surface area is 127 Å². The Bertz CT molecular complexity index is 603. The highest BCUT2D eigenvalue weighted by molar-refractivity contribution is 5.59. The van der Waals surface area contributed by atoms with Crippen LogP contribution >= 0.6 is 0 Å². The van der Waals surface area contributed by atoms with Crippen LogP contribution < -0.4 is 10.2 Å². The molecule has 0 aromatic heterocycles. The molecule has 1 aliphatic heterocycles. The second-order valence-electron chi connectivity index (χ2n) is 6.09. The van der Waals surface area contributed by atoms with Crippen LogP contribution in [0.1, 0.15) is 29.7 Å². The monoisotopic (exact) mass is 280 g/mol. The molecule has 0 saturated carbocycles. The Hall–Kier alpha value is -1.80. The van der Waals surface area contributed by atoms with Gasteiger partial charge in [-0.2, -0.15) is 0 Å². The molecule has 0 amide bonds. The van der Waals surface area contributed by atoms with Gasteiger partial charge in [-0.25, -0.2) is 0 Å². The van der Waals surface area contributed by atoms with Crippen LogP contribution in [-0.2, 0) is 6.42 Å². The van der Waals surface area contributed by atoms with Crippen molar-refractivity contribution in [2.45, 2.75) is 32.4 Å². The number of hydrogen-bond acceptors (Lipinski definition) is 2. The highest BCUT2D eigenvalue weighted by Gasteiger charge is 2.27. The molecule has 0 radical (unpaired) electrons. The van der Waals surface area contributed by atoms with Gasteiger partial charge in [0, 0.05) is 24.3 Å². The zero-order valence-electron chi connectivity index (χ0n) is 13.1. The maximum atomic E-state index is 3.47. The molecule has 110 valence electrons. The van der Waals surface area contributed by atoms with Crippen LogP contribution in [0.3, 0.4) is 0 Å². The minimum absolute atomic E-state index is 0.360. The number of likely N-dealkylation sites (N-methyl/N-ethyl adjacent to an activating group) is 1. The molecule has 2 atom stereocenters. The van der Waals surface area contributed by atoms with E-state index in [0.29, 0.717) is 12.1 Å². The van der Waals surface area contributed by atoms with E-state index in [1.807, 2.05) is 0 Å². The first-order valence-corrected chi connectivity index (χ1v) is 7.77. The third kappa shape index (κ3) is 2.81. The van der Waals surface area contributed by atoms with Crippen LogP contribution in [0.2, 0.25) is 0 Å². The van der Waals surface area contributed by atoms with E-state index in [-0.39, 0.29) is 0 Å². The fourth-order valence-electron chi connectivity index (χ4n) is 3.27. The number of rotatable bonds is 4. The van der Waals surface area contributed by atoms with Crippen LogP contribution in [0, 0.1) is 6.92 Å². The van der Waals surface area contributed by atoms with Gasteiger partial charge in [0.05, 0.1) is 0 Å².